The molecule has 0 saturated heterocycles. The Hall–Kier alpha value is -2.85. The number of rotatable bonds is 6. The zero-order chi connectivity index (χ0) is 17.5. The maximum Gasteiger partial charge on any atom is 0.407 e. The van der Waals surface area contributed by atoms with Gasteiger partial charge in [-0.05, 0) is 28.3 Å². The summed E-state index contributed by atoms with van der Waals surface area (Å²) in [5, 5.41) is 14.6. The molecule has 1 amide bonds. The molecule has 25 heavy (non-hydrogen) atoms. The Morgan fingerprint density at radius 2 is 1.64 bits per heavy atom. The molecule has 0 radical (unpaired) electrons. The van der Waals surface area contributed by atoms with Gasteiger partial charge in [0.15, 0.2) is 0 Å². The number of hydrogen-bond acceptors (Lipinski definition) is 3. The van der Waals surface area contributed by atoms with Crippen molar-refractivity contribution < 1.29 is 14.6 Å². The Balaban J connectivity index is 1.56. The Kier molecular flexibility index (Phi) is 5.65. The van der Waals surface area contributed by atoms with E-state index in [1.807, 2.05) is 60.7 Å². The maximum atomic E-state index is 11.9. The Morgan fingerprint density at radius 3 is 2.40 bits per heavy atom. The molecule has 0 unspecified atom stereocenters. The second-order valence-corrected chi connectivity index (χ2v) is 5.97. The van der Waals surface area contributed by atoms with Crippen LogP contribution in [0.25, 0.3) is 10.8 Å². The van der Waals surface area contributed by atoms with Crippen LogP contribution in [0.3, 0.4) is 0 Å². The van der Waals surface area contributed by atoms with Crippen molar-refractivity contribution in [1.29, 1.82) is 0 Å². The number of fused-ring (bicyclic) bond motifs is 1. The van der Waals surface area contributed by atoms with Crippen LogP contribution >= 0.6 is 0 Å². The maximum absolute atomic E-state index is 11.9. The third-order valence-corrected chi connectivity index (χ3v) is 4.05. The molecule has 1 atom stereocenters. The number of benzene rings is 3. The molecule has 0 fully saturated rings. The number of aliphatic hydroxyl groups is 1. The van der Waals surface area contributed by atoms with E-state index >= 15 is 0 Å². The molecular weight excluding hydrogens is 314 g/mol. The summed E-state index contributed by atoms with van der Waals surface area (Å²) in [5.74, 6) is 0. The van der Waals surface area contributed by atoms with Crippen molar-refractivity contribution in [3.8, 4) is 0 Å². The molecule has 2 N–H and O–H groups in total. The lowest BCUT2D eigenvalue weighted by Crippen LogP contribution is -2.39. The van der Waals surface area contributed by atoms with Crippen molar-refractivity contribution >= 4 is 16.9 Å². The minimum Gasteiger partial charge on any atom is -0.445 e. The van der Waals surface area contributed by atoms with Gasteiger partial charge >= 0.3 is 6.09 Å². The summed E-state index contributed by atoms with van der Waals surface area (Å²) < 4.78 is 5.21. The van der Waals surface area contributed by atoms with Gasteiger partial charge in [0.2, 0.25) is 0 Å². The Bertz CT molecular complexity index is 833. The average Bonchev–Trinajstić information content (AvgIpc) is 2.66. The van der Waals surface area contributed by atoms with Crippen molar-refractivity contribution in [2.24, 2.45) is 0 Å². The van der Waals surface area contributed by atoms with Crippen LogP contribution in [0.4, 0.5) is 4.79 Å². The highest BCUT2D eigenvalue weighted by atomic mass is 16.5. The topological polar surface area (TPSA) is 58.6 Å². The quantitative estimate of drug-likeness (QED) is 0.722. The molecule has 0 heterocycles. The van der Waals surface area contributed by atoms with Crippen LogP contribution in [0.5, 0.6) is 0 Å². The van der Waals surface area contributed by atoms with E-state index in [9.17, 15) is 9.90 Å². The fourth-order valence-electron chi connectivity index (χ4n) is 2.74. The van der Waals surface area contributed by atoms with E-state index in [1.165, 1.54) is 5.39 Å². The number of carbonyl (C=O) groups is 1. The molecule has 3 aromatic rings. The first-order chi connectivity index (χ1) is 12.2. The summed E-state index contributed by atoms with van der Waals surface area (Å²) in [6.07, 6.45) is 0.0191. The van der Waals surface area contributed by atoms with Gasteiger partial charge in [-0.2, -0.15) is 0 Å². The molecule has 0 bridgehead atoms. The molecule has 0 aliphatic heterocycles. The predicted molar refractivity (Wildman–Crippen MR) is 98.3 cm³/mol. The first-order valence-electron chi connectivity index (χ1n) is 8.30. The average molecular weight is 335 g/mol. The summed E-state index contributed by atoms with van der Waals surface area (Å²) in [6.45, 7) is 0.0636. The van der Waals surface area contributed by atoms with Gasteiger partial charge in [-0.1, -0.05) is 72.8 Å². The van der Waals surface area contributed by atoms with Gasteiger partial charge in [0, 0.05) is 0 Å². The number of amides is 1. The van der Waals surface area contributed by atoms with Crippen molar-refractivity contribution in [3.05, 3.63) is 83.9 Å². The normalized spacial score (nSPS) is 11.9. The fraction of sp³-hybridized carbons (Fsp3) is 0.190. The smallest absolute Gasteiger partial charge is 0.407 e. The van der Waals surface area contributed by atoms with Gasteiger partial charge in [0.05, 0.1) is 12.6 Å². The van der Waals surface area contributed by atoms with E-state index in [4.69, 9.17) is 4.74 Å². The zero-order valence-electron chi connectivity index (χ0n) is 13.9. The van der Waals surface area contributed by atoms with E-state index < -0.39 is 6.09 Å². The molecule has 4 heteroatoms. The number of nitrogens with one attached hydrogen (secondary N) is 1. The fourth-order valence-corrected chi connectivity index (χ4v) is 2.74. The SMILES string of the molecule is O=C(N[C@H](CO)Cc1ccc2ccccc2c1)OCc1ccccc1. The van der Waals surface area contributed by atoms with Crippen LogP contribution in [0.1, 0.15) is 11.1 Å². The monoisotopic (exact) mass is 335 g/mol. The van der Waals surface area contributed by atoms with Crippen molar-refractivity contribution in [2.45, 2.75) is 19.1 Å². The number of carbonyl (C=O) groups excluding carboxylic acids is 1. The van der Waals surface area contributed by atoms with E-state index in [1.54, 1.807) is 0 Å². The van der Waals surface area contributed by atoms with E-state index in [0.717, 1.165) is 16.5 Å². The number of ether oxygens (including phenoxy) is 1. The molecule has 3 aromatic carbocycles. The van der Waals surface area contributed by atoms with Gasteiger partial charge in [-0.15, -0.1) is 0 Å². The minimum atomic E-state index is -0.524. The predicted octanol–water partition coefficient (Wildman–Crippen LogP) is 3.67. The van der Waals surface area contributed by atoms with Crippen molar-refractivity contribution in [3.63, 3.8) is 0 Å². The summed E-state index contributed by atoms with van der Waals surface area (Å²) in [6, 6.07) is 23.4. The molecule has 0 aliphatic carbocycles. The molecule has 0 saturated carbocycles. The molecule has 128 valence electrons. The molecule has 3 rings (SSSR count). The molecule has 0 aliphatic rings. The van der Waals surface area contributed by atoms with Crippen LogP contribution < -0.4 is 5.32 Å². The van der Waals surface area contributed by atoms with E-state index in [0.29, 0.717) is 6.42 Å². The first kappa shape index (κ1) is 17.0. The van der Waals surface area contributed by atoms with Gasteiger partial charge in [0.1, 0.15) is 6.61 Å². The highest BCUT2D eigenvalue weighted by Crippen LogP contribution is 2.16. The van der Waals surface area contributed by atoms with Crippen LogP contribution in [0, 0.1) is 0 Å². The third kappa shape index (κ3) is 4.81. The molecular formula is C21H21NO3. The summed E-state index contributed by atoms with van der Waals surface area (Å²) in [4.78, 5) is 11.9. The summed E-state index contributed by atoms with van der Waals surface area (Å²) >= 11 is 0. The summed E-state index contributed by atoms with van der Waals surface area (Å²) in [5.41, 5.74) is 1.98. The van der Waals surface area contributed by atoms with Gasteiger partial charge < -0.3 is 15.2 Å². The highest BCUT2D eigenvalue weighted by Gasteiger charge is 2.13. The number of hydrogen-bond donors (Lipinski definition) is 2. The van der Waals surface area contributed by atoms with Gasteiger partial charge in [0.25, 0.3) is 0 Å². The standard InChI is InChI=1S/C21H21NO3/c23-14-20(22-21(24)25-15-16-6-2-1-3-7-16)13-17-10-11-18-8-4-5-9-19(18)12-17/h1-12,20,23H,13-15H2,(H,22,24)/t20-/m0/s1. The second-order valence-electron chi connectivity index (χ2n) is 5.97. The number of aliphatic hydroxyl groups excluding tert-OH is 1. The largest absolute Gasteiger partial charge is 0.445 e. The lowest BCUT2D eigenvalue weighted by atomic mass is 10.0. The second kappa shape index (κ2) is 8.31. The lowest BCUT2D eigenvalue weighted by molar-refractivity contribution is 0.129. The number of alkyl carbamates (subject to hydrolysis) is 1. The minimum absolute atomic E-state index is 0.146. The lowest BCUT2D eigenvalue weighted by Gasteiger charge is -2.16. The van der Waals surface area contributed by atoms with Crippen molar-refractivity contribution in [1.82, 2.24) is 5.32 Å². The Morgan fingerprint density at radius 1 is 0.920 bits per heavy atom. The molecule has 0 aromatic heterocycles. The zero-order valence-corrected chi connectivity index (χ0v) is 13.9. The van der Waals surface area contributed by atoms with E-state index in [-0.39, 0.29) is 19.3 Å². The van der Waals surface area contributed by atoms with Gasteiger partial charge in [-0.25, -0.2) is 4.79 Å². The van der Waals surface area contributed by atoms with Crippen LogP contribution in [-0.4, -0.2) is 23.8 Å². The van der Waals surface area contributed by atoms with Gasteiger partial charge in [-0.3, -0.25) is 0 Å². The Labute approximate surface area is 147 Å². The molecule has 4 nitrogen and oxygen atoms in total. The van der Waals surface area contributed by atoms with Crippen LogP contribution in [0.15, 0.2) is 72.8 Å². The van der Waals surface area contributed by atoms with Crippen LogP contribution in [0.2, 0.25) is 0 Å². The first-order valence-corrected chi connectivity index (χ1v) is 8.30. The van der Waals surface area contributed by atoms with Crippen LogP contribution in [-0.2, 0) is 17.8 Å². The summed E-state index contributed by atoms with van der Waals surface area (Å²) in [7, 11) is 0. The highest BCUT2D eigenvalue weighted by molar-refractivity contribution is 5.83. The molecule has 0 spiro atoms. The van der Waals surface area contributed by atoms with Crippen molar-refractivity contribution in [2.75, 3.05) is 6.61 Å². The van der Waals surface area contributed by atoms with E-state index in [2.05, 4.69) is 17.4 Å². The third-order valence-electron chi connectivity index (χ3n) is 4.05.